The van der Waals surface area contributed by atoms with Crippen LogP contribution in [-0.4, -0.2) is 64.7 Å². The van der Waals surface area contributed by atoms with Crippen molar-refractivity contribution in [1.82, 2.24) is 10.2 Å². The molecule has 0 spiro atoms. The van der Waals surface area contributed by atoms with E-state index in [9.17, 15) is 14.4 Å². The van der Waals surface area contributed by atoms with Crippen LogP contribution in [0.15, 0.2) is 48.5 Å². The van der Waals surface area contributed by atoms with Crippen LogP contribution in [0.3, 0.4) is 0 Å². The lowest BCUT2D eigenvalue weighted by atomic mass is 9.98. The van der Waals surface area contributed by atoms with E-state index in [-0.39, 0.29) is 43.4 Å². The molecule has 1 unspecified atom stereocenters. The third-order valence-electron chi connectivity index (χ3n) is 6.54. The summed E-state index contributed by atoms with van der Waals surface area (Å²) in [7, 11) is 0. The normalized spacial score (nSPS) is 18.0. The van der Waals surface area contributed by atoms with Crippen LogP contribution < -0.4 is 5.32 Å². The Morgan fingerprint density at radius 2 is 1.76 bits per heavy atom. The Hall–Kier alpha value is -3.00. The Kier molecular flexibility index (Phi) is 7.77. The van der Waals surface area contributed by atoms with Gasteiger partial charge in [-0.25, -0.2) is 4.79 Å². The number of hydrogen-bond donors (Lipinski definition) is 2. The minimum Gasteiger partial charge on any atom is -0.481 e. The summed E-state index contributed by atoms with van der Waals surface area (Å²) in [5.41, 5.74) is 4.62. The molecule has 1 saturated heterocycles. The standard InChI is InChI=1S/C26H30N2O5S/c1-2-17(13-24(29)28-11-12-34-16-18(28)14-25(30)31)27-26(32)33-15-23-21-9-5-3-7-19(21)20-8-4-6-10-22(20)23/h3-10,17-18,23H,2,11-16H2,1H3,(H,27,32)(H,30,31)/t17-,18?/m0/s1. The highest BCUT2D eigenvalue weighted by Crippen LogP contribution is 2.44. The first-order valence-electron chi connectivity index (χ1n) is 11.7. The van der Waals surface area contributed by atoms with Gasteiger partial charge in [-0.1, -0.05) is 55.5 Å². The fourth-order valence-corrected chi connectivity index (χ4v) is 5.85. The third-order valence-corrected chi connectivity index (χ3v) is 7.63. The maximum Gasteiger partial charge on any atom is 0.407 e. The number of carboxylic acid groups (broad SMARTS) is 1. The monoisotopic (exact) mass is 482 g/mol. The van der Waals surface area contributed by atoms with E-state index in [1.54, 1.807) is 16.7 Å². The molecule has 2 aliphatic rings. The summed E-state index contributed by atoms with van der Waals surface area (Å²) in [6.45, 7) is 2.65. The number of rotatable bonds is 8. The van der Waals surface area contributed by atoms with Gasteiger partial charge in [0.25, 0.3) is 0 Å². The van der Waals surface area contributed by atoms with Crippen LogP contribution in [-0.2, 0) is 14.3 Å². The van der Waals surface area contributed by atoms with Gasteiger partial charge < -0.3 is 20.1 Å². The Labute approximate surface area is 203 Å². The van der Waals surface area contributed by atoms with Crippen molar-refractivity contribution in [2.24, 2.45) is 0 Å². The van der Waals surface area contributed by atoms with E-state index in [0.29, 0.717) is 18.7 Å². The van der Waals surface area contributed by atoms with E-state index in [0.717, 1.165) is 16.9 Å². The molecule has 2 N–H and O–H groups in total. The van der Waals surface area contributed by atoms with E-state index in [2.05, 4.69) is 29.6 Å². The number of benzene rings is 2. The number of nitrogens with zero attached hydrogens (tertiary/aromatic N) is 1. The smallest absolute Gasteiger partial charge is 0.407 e. The van der Waals surface area contributed by atoms with Crippen molar-refractivity contribution in [3.8, 4) is 11.1 Å². The topological polar surface area (TPSA) is 95.9 Å². The number of hydrogen-bond acceptors (Lipinski definition) is 5. The van der Waals surface area contributed by atoms with Crippen LogP contribution in [0, 0.1) is 0 Å². The van der Waals surface area contributed by atoms with Gasteiger partial charge in [0.1, 0.15) is 6.61 Å². The first-order chi connectivity index (χ1) is 16.5. The van der Waals surface area contributed by atoms with E-state index in [1.165, 1.54) is 11.1 Å². The molecule has 1 aliphatic heterocycles. The number of carbonyl (C=O) groups is 3. The zero-order chi connectivity index (χ0) is 24.1. The lowest BCUT2D eigenvalue weighted by molar-refractivity contribution is -0.140. The van der Waals surface area contributed by atoms with Gasteiger partial charge in [0.2, 0.25) is 5.91 Å². The number of fused-ring (bicyclic) bond motifs is 3. The second-order valence-electron chi connectivity index (χ2n) is 8.69. The summed E-state index contributed by atoms with van der Waals surface area (Å²) < 4.78 is 5.62. The average molecular weight is 483 g/mol. The molecule has 180 valence electrons. The molecule has 7 nitrogen and oxygen atoms in total. The van der Waals surface area contributed by atoms with E-state index in [1.807, 2.05) is 31.2 Å². The van der Waals surface area contributed by atoms with Gasteiger partial charge in [0, 0.05) is 36.4 Å². The highest BCUT2D eigenvalue weighted by Gasteiger charge is 2.31. The number of thioether (sulfide) groups is 1. The van der Waals surface area contributed by atoms with Crippen molar-refractivity contribution in [2.45, 2.75) is 44.2 Å². The molecule has 4 rings (SSSR count). The van der Waals surface area contributed by atoms with Gasteiger partial charge in [0.15, 0.2) is 0 Å². The summed E-state index contributed by atoms with van der Waals surface area (Å²) >= 11 is 1.66. The molecule has 1 aliphatic carbocycles. The molecular formula is C26H30N2O5S. The largest absolute Gasteiger partial charge is 0.481 e. The van der Waals surface area contributed by atoms with Gasteiger partial charge in [-0.15, -0.1) is 0 Å². The minimum atomic E-state index is -0.908. The molecule has 2 aromatic rings. The van der Waals surface area contributed by atoms with Crippen LogP contribution in [0.1, 0.15) is 43.2 Å². The summed E-state index contributed by atoms with van der Waals surface area (Å²) in [5, 5.41) is 12.0. The Balaban J connectivity index is 1.34. The number of nitrogens with one attached hydrogen (secondary N) is 1. The van der Waals surface area contributed by atoms with Crippen molar-refractivity contribution in [1.29, 1.82) is 0 Å². The number of ether oxygens (including phenoxy) is 1. The number of aliphatic carboxylic acids is 1. The molecule has 2 aromatic carbocycles. The Morgan fingerprint density at radius 1 is 1.12 bits per heavy atom. The molecular weight excluding hydrogens is 452 g/mol. The van der Waals surface area contributed by atoms with E-state index < -0.39 is 12.1 Å². The van der Waals surface area contributed by atoms with E-state index >= 15 is 0 Å². The van der Waals surface area contributed by atoms with E-state index in [4.69, 9.17) is 9.84 Å². The maximum atomic E-state index is 12.9. The van der Waals surface area contributed by atoms with Crippen molar-refractivity contribution in [2.75, 3.05) is 24.7 Å². The fourth-order valence-electron chi connectivity index (χ4n) is 4.79. The number of carbonyl (C=O) groups excluding carboxylic acids is 2. The molecule has 34 heavy (non-hydrogen) atoms. The average Bonchev–Trinajstić information content (AvgIpc) is 3.16. The molecule has 0 aromatic heterocycles. The molecule has 8 heteroatoms. The summed E-state index contributed by atoms with van der Waals surface area (Å²) in [6, 6.07) is 15.6. The summed E-state index contributed by atoms with van der Waals surface area (Å²) in [4.78, 5) is 38.4. The zero-order valence-corrected chi connectivity index (χ0v) is 20.1. The SMILES string of the molecule is CC[C@@H](CC(=O)N1CCSCC1CC(=O)O)NC(=O)OCC1c2ccccc2-c2ccccc21. The fraction of sp³-hybridized carbons (Fsp3) is 0.423. The molecule has 0 bridgehead atoms. The number of alkyl carbamates (subject to hydrolysis) is 1. The number of carboxylic acids is 1. The second-order valence-corrected chi connectivity index (χ2v) is 9.84. The minimum absolute atomic E-state index is 0.0255. The lowest BCUT2D eigenvalue weighted by Gasteiger charge is -2.35. The lowest BCUT2D eigenvalue weighted by Crippen LogP contribution is -2.49. The predicted molar refractivity (Wildman–Crippen MR) is 132 cm³/mol. The summed E-state index contributed by atoms with van der Waals surface area (Å²) in [5.74, 6) is 0.349. The van der Waals surface area contributed by atoms with Crippen LogP contribution in [0.25, 0.3) is 11.1 Å². The van der Waals surface area contributed by atoms with Gasteiger partial charge in [-0.3, -0.25) is 9.59 Å². The molecule has 1 heterocycles. The van der Waals surface area contributed by atoms with Crippen LogP contribution in [0.4, 0.5) is 4.79 Å². The van der Waals surface area contributed by atoms with Gasteiger partial charge in [-0.2, -0.15) is 11.8 Å². The maximum absolute atomic E-state index is 12.9. The van der Waals surface area contributed by atoms with Crippen molar-refractivity contribution >= 4 is 29.7 Å². The molecule has 1 fully saturated rings. The van der Waals surface area contributed by atoms with Crippen molar-refractivity contribution in [3.63, 3.8) is 0 Å². The quantitative estimate of drug-likeness (QED) is 0.588. The Morgan fingerprint density at radius 3 is 2.38 bits per heavy atom. The van der Waals surface area contributed by atoms with Gasteiger partial charge in [-0.05, 0) is 28.7 Å². The van der Waals surface area contributed by atoms with Gasteiger partial charge in [0.05, 0.1) is 12.5 Å². The van der Waals surface area contributed by atoms with Crippen LogP contribution in [0.2, 0.25) is 0 Å². The van der Waals surface area contributed by atoms with Crippen molar-refractivity contribution in [3.05, 3.63) is 59.7 Å². The first-order valence-corrected chi connectivity index (χ1v) is 12.8. The van der Waals surface area contributed by atoms with Crippen LogP contribution >= 0.6 is 11.8 Å². The third kappa shape index (κ3) is 5.38. The second kappa shape index (κ2) is 11.0. The highest BCUT2D eigenvalue weighted by molar-refractivity contribution is 7.99. The summed E-state index contributed by atoms with van der Waals surface area (Å²) in [6.07, 6.45) is 0.0941. The van der Waals surface area contributed by atoms with Crippen LogP contribution in [0.5, 0.6) is 0 Å². The van der Waals surface area contributed by atoms with Crippen molar-refractivity contribution < 1.29 is 24.2 Å². The molecule has 2 atom stereocenters. The first kappa shape index (κ1) is 24.1. The van der Waals surface area contributed by atoms with Gasteiger partial charge >= 0.3 is 12.1 Å². The molecule has 2 amide bonds. The Bertz CT molecular complexity index is 1010. The predicted octanol–water partition coefficient (Wildman–Crippen LogP) is 4.11. The molecule has 0 saturated carbocycles. The highest BCUT2D eigenvalue weighted by atomic mass is 32.2. The molecule has 0 radical (unpaired) electrons. The number of amides is 2. The zero-order valence-electron chi connectivity index (χ0n) is 19.2.